The van der Waals surface area contributed by atoms with Gasteiger partial charge in [-0.25, -0.2) is 0 Å². The fourth-order valence-corrected chi connectivity index (χ4v) is 4.08. The van der Waals surface area contributed by atoms with Gasteiger partial charge in [0, 0.05) is 18.7 Å². The van der Waals surface area contributed by atoms with E-state index in [2.05, 4.69) is 13.8 Å². The van der Waals surface area contributed by atoms with Crippen molar-refractivity contribution in [1.29, 1.82) is 0 Å². The number of carbonyl (C=O) groups is 2. The molecular weight excluding hydrogens is 444 g/mol. The van der Waals surface area contributed by atoms with Crippen molar-refractivity contribution in [1.82, 2.24) is 9.80 Å². The van der Waals surface area contributed by atoms with Crippen LogP contribution in [0, 0.1) is 12.8 Å². The third kappa shape index (κ3) is 6.03. The van der Waals surface area contributed by atoms with Crippen LogP contribution in [0.25, 0.3) is 5.76 Å². The first kappa shape index (κ1) is 26.3. The van der Waals surface area contributed by atoms with Gasteiger partial charge in [-0.15, -0.1) is 0 Å². The lowest BCUT2D eigenvalue weighted by Crippen LogP contribution is -2.35. The Morgan fingerprint density at radius 1 is 1.11 bits per heavy atom. The van der Waals surface area contributed by atoms with Gasteiger partial charge >= 0.3 is 0 Å². The van der Waals surface area contributed by atoms with Crippen molar-refractivity contribution >= 4 is 17.4 Å². The number of benzene rings is 2. The van der Waals surface area contributed by atoms with Gasteiger partial charge in [-0.1, -0.05) is 26.0 Å². The number of nitrogens with zero attached hydrogens (tertiary/aromatic N) is 2. The summed E-state index contributed by atoms with van der Waals surface area (Å²) in [5.74, 6) is 0.252. The van der Waals surface area contributed by atoms with Crippen LogP contribution >= 0.6 is 0 Å². The highest BCUT2D eigenvalue weighted by Crippen LogP contribution is 2.40. The summed E-state index contributed by atoms with van der Waals surface area (Å²) in [4.78, 5) is 29.8. The molecule has 3 rings (SSSR count). The van der Waals surface area contributed by atoms with Crippen LogP contribution in [-0.2, 0) is 9.59 Å². The van der Waals surface area contributed by atoms with Crippen LogP contribution in [0.2, 0.25) is 0 Å². The summed E-state index contributed by atoms with van der Waals surface area (Å²) >= 11 is 0. The summed E-state index contributed by atoms with van der Waals surface area (Å²) in [5, 5.41) is 11.3. The lowest BCUT2D eigenvalue weighted by Gasteiger charge is -2.27. The Balaban J connectivity index is 2.09. The number of aryl methyl sites for hydroxylation is 1. The van der Waals surface area contributed by atoms with Crippen LogP contribution in [0.5, 0.6) is 11.5 Å². The molecule has 1 N–H and O–H groups in total. The molecule has 1 atom stereocenters. The van der Waals surface area contributed by atoms with Crippen LogP contribution in [0.3, 0.4) is 0 Å². The van der Waals surface area contributed by atoms with Crippen LogP contribution < -0.4 is 9.47 Å². The lowest BCUT2D eigenvalue weighted by molar-refractivity contribution is -0.140. The van der Waals surface area contributed by atoms with E-state index in [1.165, 1.54) is 4.90 Å². The highest BCUT2D eigenvalue weighted by molar-refractivity contribution is 6.46. The Hall–Kier alpha value is -3.32. The molecule has 2 aromatic rings. The number of rotatable bonds is 10. The van der Waals surface area contributed by atoms with E-state index in [4.69, 9.17) is 9.47 Å². The quantitative estimate of drug-likeness (QED) is 0.308. The largest absolute Gasteiger partial charge is 0.507 e. The average Bonchev–Trinajstić information content (AvgIpc) is 3.06. The van der Waals surface area contributed by atoms with Crippen molar-refractivity contribution in [2.75, 3.05) is 40.4 Å². The zero-order valence-corrected chi connectivity index (χ0v) is 21.5. The summed E-state index contributed by atoms with van der Waals surface area (Å²) < 4.78 is 11.5. The number of aliphatic hydroxyl groups excluding tert-OH is 1. The minimum Gasteiger partial charge on any atom is -0.507 e. The molecule has 0 radical (unpaired) electrons. The number of likely N-dealkylation sites (tertiary alicyclic amines) is 1. The SMILES string of the molecule is CCOc1cccc(C2/C(=C(\O)c3ccc(OCC(C)C)c(C)c3)C(=O)C(=O)N2CCN(C)C)c1. The molecule has 1 saturated heterocycles. The summed E-state index contributed by atoms with van der Waals surface area (Å²) in [6, 6.07) is 11.9. The fourth-order valence-electron chi connectivity index (χ4n) is 4.08. The number of ether oxygens (including phenoxy) is 2. The molecule has 1 amide bonds. The lowest BCUT2D eigenvalue weighted by atomic mass is 9.94. The Bertz CT molecular complexity index is 1110. The zero-order valence-electron chi connectivity index (χ0n) is 21.5. The molecule has 0 aliphatic carbocycles. The summed E-state index contributed by atoms with van der Waals surface area (Å²) in [7, 11) is 3.82. The van der Waals surface area contributed by atoms with Crippen molar-refractivity contribution in [2.45, 2.75) is 33.7 Å². The predicted octanol–water partition coefficient (Wildman–Crippen LogP) is 4.41. The van der Waals surface area contributed by atoms with Gasteiger partial charge in [-0.3, -0.25) is 9.59 Å². The maximum atomic E-state index is 13.2. The number of ketones is 1. The van der Waals surface area contributed by atoms with E-state index in [-0.39, 0.29) is 11.3 Å². The maximum Gasteiger partial charge on any atom is 0.295 e. The number of amides is 1. The molecule has 0 spiro atoms. The normalized spacial score (nSPS) is 17.5. The molecule has 0 aromatic heterocycles. The first-order valence-corrected chi connectivity index (χ1v) is 12.0. The average molecular weight is 481 g/mol. The highest BCUT2D eigenvalue weighted by atomic mass is 16.5. The predicted molar refractivity (Wildman–Crippen MR) is 137 cm³/mol. The van der Waals surface area contributed by atoms with E-state index in [0.29, 0.717) is 49.1 Å². The molecule has 188 valence electrons. The number of hydrogen-bond donors (Lipinski definition) is 1. The molecule has 1 fully saturated rings. The number of hydrogen-bond acceptors (Lipinski definition) is 6. The Morgan fingerprint density at radius 3 is 2.49 bits per heavy atom. The molecule has 0 bridgehead atoms. The third-order valence-electron chi connectivity index (χ3n) is 5.83. The van der Waals surface area contributed by atoms with Crippen molar-refractivity contribution in [3.8, 4) is 11.5 Å². The van der Waals surface area contributed by atoms with E-state index in [1.807, 2.05) is 57.1 Å². The molecule has 1 aliphatic heterocycles. The van der Waals surface area contributed by atoms with Crippen molar-refractivity contribution < 1.29 is 24.2 Å². The number of carbonyl (C=O) groups excluding carboxylic acids is 2. The topological polar surface area (TPSA) is 79.3 Å². The van der Waals surface area contributed by atoms with Crippen LogP contribution in [-0.4, -0.2) is 67.0 Å². The third-order valence-corrected chi connectivity index (χ3v) is 5.83. The van der Waals surface area contributed by atoms with E-state index >= 15 is 0 Å². The van der Waals surface area contributed by atoms with Gasteiger partial charge in [0.1, 0.15) is 17.3 Å². The van der Waals surface area contributed by atoms with Gasteiger partial charge in [0.25, 0.3) is 11.7 Å². The van der Waals surface area contributed by atoms with E-state index in [1.54, 1.807) is 18.2 Å². The first-order valence-electron chi connectivity index (χ1n) is 12.0. The second-order valence-electron chi connectivity index (χ2n) is 9.49. The molecule has 35 heavy (non-hydrogen) atoms. The molecule has 7 heteroatoms. The van der Waals surface area contributed by atoms with Gasteiger partial charge in [-0.2, -0.15) is 0 Å². The molecule has 0 saturated carbocycles. The minimum atomic E-state index is -0.715. The maximum absolute atomic E-state index is 13.2. The highest BCUT2D eigenvalue weighted by Gasteiger charge is 2.46. The van der Waals surface area contributed by atoms with E-state index in [9.17, 15) is 14.7 Å². The van der Waals surface area contributed by atoms with Gasteiger partial charge in [0.05, 0.1) is 24.8 Å². The zero-order chi connectivity index (χ0) is 25.7. The minimum absolute atomic E-state index is 0.0812. The van der Waals surface area contributed by atoms with Crippen molar-refractivity contribution in [2.24, 2.45) is 5.92 Å². The van der Waals surface area contributed by atoms with Gasteiger partial charge in [-0.05, 0) is 75.3 Å². The van der Waals surface area contributed by atoms with Crippen LogP contribution in [0.15, 0.2) is 48.0 Å². The molecule has 1 heterocycles. The second-order valence-corrected chi connectivity index (χ2v) is 9.49. The Morgan fingerprint density at radius 2 is 1.86 bits per heavy atom. The molecule has 2 aromatic carbocycles. The van der Waals surface area contributed by atoms with E-state index < -0.39 is 17.7 Å². The van der Waals surface area contributed by atoms with E-state index in [0.717, 1.165) is 11.3 Å². The summed E-state index contributed by atoms with van der Waals surface area (Å²) in [6.07, 6.45) is 0. The molecule has 1 unspecified atom stereocenters. The molecular formula is C28H36N2O5. The Labute approximate surface area is 207 Å². The van der Waals surface area contributed by atoms with Crippen LogP contribution in [0.4, 0.5) is 0 Å². The first-order chi connectivity index (χ1) is 16.6. The summed E-state index contributed by atoms with van der Waals surface area (Å²) in [6.45, 7) is 9.94. The smallest absolute Gasteiger partial charge is 0.295 e. The van der Waals surface area contributed by atoms with Gasteiger partial charge in [0.15, 0.2) is 0 Å². The van der Waals surface area contributed by atoms with Gasteiger partial charge in [0.2, 0.25) is 0 Å². The summed E-state index contributed by atoms with van der Waals surface area (Å²) in [5.41, 5.74) is 2.10. The number of Topliss-reactive ketones (excluding diaryl/α,β-unsaturated/α-hetero) is 1. The fraction of sp³-hybridized carbons (Fsp3) is 0.429. The van der Waals surface area contributed by atoms with Crippen molar-refractivity contribution in [3.05, 3.63) is 64.7 Å². The standard InChI is InChI=1S/C28H36N2O5/c1-7-34-22-10-8-9-20(16-22)25-24(27(32)28(33)30(25)14-13-29(5)6)26(31)21-11-12-23(19(4)15-21)35-17-18(2)3/h8-12,15-16,18,25,31H,7,13-14,17H2,1-6H3/b26-24+. The Kier molecular flexibility index (Phi) is 8.57. The number of aliphatic hydroxyl groups is 1. The monoisotopic (exact) mass is 480 g/mol. The molecule has 7 nitrogen and oxygen atoms in total. The number of likely N-dealkylation sites (N-methyl/N-ethyl adjacent to an activating group) is 1. The second kappa shape index (κ2) is 11.4. The molecule has 1 aliphatic rings. The van der Waals surface area contributed by atoms with Crippen molar-refractivity contribution in [3.63, 3.8) is 0 Å². The van der Waals surface area contributed by atoms with Crippen LogP contribution in [0.1, 0.15) is 43.5 Å². The van der Waals surface area contributed by atoms with Gasteiger partial charge < -0.3 is 24.4 Å².